The van der Waals surface area contributed by atoms with Crippen LogP contribution in [0.1, 0.15) is 32.4 Å². The Kier molecular flexibility index (Phi) is 4.47. The molecule has 0 heterocycles. The minimum atomic E-state index is -4.79. The molecule has 0 aliphatic heterocycles. The first-order valence-electron chi connectivity index (χ1n) is 5.80. The molecular formula is C13H18F3NO2. The van der Waals surface area contributed by atoms with Gasteiger partial charge in [-0.15, -0.1) is 13.2 Å². The molecule has 0 aliphatic rings. The van der Waals surface area contributed by atoms with Gasteiger partial charge in [-0.25, -0.2) is 0 Å². The maximum absolute atomic E-state index is 12.3. The quantitative estimate of drug-likeness (QED) is 0.893. The first-order chi connectivity index (χ1) is 8.52. The number of benzene rings is 1. The highest BCUT2D eigenvalue weighted by Gasteiger charge is 2.35. The number of aliphatic hydroxyl groups excluding tert-OH is 1. The summed E-state index contributed by atoms with van der Waals surface area (Å²) >= 11 is 0. The molecule has 1 aromatic carbocycles. The molecular weight excluding hydrogens is 259 g/mol. The number of nitrogens with two attached hydrogens (primary N) is 1. The second kappa shape index (κ2) is 5.38. The summed E-state index contributed by atoms with van der Waals surface area (Å²) in [7, 11) is 0. The van der Waals surface area contributed by atoms with E-state index in [9.17, 15) is 18.3 Å². The molecule has 3 nitrogen and oxygen atoms in total. The fourth-order valence-corrected chi connectivity index (χ4v) is 1.68. The standard InChI is InChI=1S/C13H18F3NO2/c1-12(2,3)11(18)10(17)8-6-4-5-7-9(8)19-13(14,15)16/h4-7,10-11,18H,17H2,1-3H3/t10-,11-/m0/s1. The van der Waals surface area contributed by atoms with E-state index in [-0.39, 0.29) is 11.3 Å². The van der Waals surface area contributed by atoms with Gasteiger partial charge in [0.05, 0.1) is 12.1 Å². The third kappa shape index (κ3) is 4.40. The Morgan fingerprint density at radius 1 is 1.16 bits per heavy atom. The Hall–Kier alpha value is -1.27. The Morgan fingerprint density at radius 2 is 1.68 bits per heavy atom. The smallest absolute Gasteiger partial charge is 0.405 e. The van der Waals surface area contributed by atoms with E-state index >= 15 is 0 Å². The average molecular weight is 277 g/mol. The van der Waals surface area contributed by atoms with Crippen LogP contribution >= 0.6 is 0 Å². The van der Waals surface area contributed by atoms with Crippen LogP contribution in [-0.2, 0) is 0 Å². The topological polar surface area (TPSA) is 55.5 Å². The summed E-state index contributed by atoms with van der Waals surface area (Å²) in [5, 5.41) is 10.1. The van der Waals surface area contributed by atoms with E-state index in [1.54, 1.807) is 26.8 Å². The molecule has 3 N–H and O–H groups in total. The van der Waals surface area contributed by atoms with Crippen LogP contribution in [0.2, 0.25) is 0 Å². The van der Waals surface area contributed by atoms with Crippen molar-refractivity contribution in [1.29, 1.82) is 0 Å². The van der Waals surface area contributed by atoms with Crippen LogP contribution in [0.3, 0.4) is 0 Å². The largest absolute Gasteiger partial charge is 0.573 e. The summed E-state index contributed by atoms with van der Waals surface area (Å²) in [5.74, 6) is -0.384. The highest BCUT2D eigenvalue weighted by molar-refractivity contribution is 5.36. The summed E-state index contributed by atoms with van der Waals surface area (Å²) < 4.78 is 40.8. The lowest BCUT2D eigenvalue weighted by Gasteiger charge is -2.31. The van der Waals surface area contributed by atoms with Crippen LogP contribution in [0.15, 0.2) is 24.3 Å². The molecule has 0 radical (unpaired) electrons. The average Bonchev–Trinajstić information content (AvgIpc) is 2.24. The van der Waals surface area contributed by atoms with Gasteiger partial charge in [0.2, 0.25) is 0 Å². The SMILES string of the molecule is CC(C)(C)[C@@H](O)[C@@H](N)c1ccccc1OC(F)(F)F. The Morgan fingerprint density at radius 3 is 2.16 bits per heavy atom. The van der Waals surface area contributed by atoms with Gasteiger partial charge in [0.15, 0.2) is 0 Å². The molecule has 6 heteroatoms. The number of ether oxygens (including phenoxy) is 1. The number of hydrogen-bond acceptors (Lipinski definition) is 3. The van der Waals surface area contributed by atoms with Gasteiger partial charge in [0, 0.05) is 5.56 Å². The highest BCUT2D eigenvalue weighted by atomic mass is 19.4. The number of aliphatic hydroxyl groups is 1. The molecule has 1 rings (SSSR count). The van der Waals surface area contributed by atoms with Crippen molar-refractivity contribution in [3.63, 3.8) is 0 Å². The van der Waals surface area contributed by atoms with Gasteiger partial charge < -0.3 is 15.6 Å². The van der Waals surface area contributed by atoms with Crippen molar-refractivity contribution in [3.8, 4) is 5.75 Å². The molecule has 108 valence electrons. The lowest BCUT2D eigenvalue weighted by atomic mass is 9.82. The zero-order chi connectivity index (χ0) is 14.8. The second-order valence-corrected chi connectivity index (χ2v) is 5.42. The Bertz CT molecular complexity index is 427. The molecule has 1 aromatic rings. The first-order valence-corrected chi connectivity index (χ1v) is 5.80. The lowest BCUT2D eigenvalue weighted by Crippen LogP contribution is -2.37. The Balaban J connectivity index is 3.07. The van der Waals surface area contributed by atoms with Crippen LogP contribution in [-0.4, -0.2) is 17.6 Å². The summed E-state index contributed by atoms with van der Waals surface area (Å²) in [6.45, 7) is 5.26. The number of hydrogen-bond donors (Lipinski definition) is 2. The predicted molar refractivity (Wildman–Crippen MR) is 65.5 cm³/mol. The van der Waals surface area contributed by atoms with Crippen LogP contribution < -0.4 is 10.5 Å². The first kappa shape index (κ1) is 15.8. The zero-order valence-corrected chi connectivity index (χ0v) is 11.0. The molecule has 0 amide bonds. The third-order valence-corrected chi connectivity index (χ3v) is 2.73. The van der Waals surface area contributed by atoms with Gasteiger partial charge in [-0.1, -0.05) is 39.0 Å². The maximum Gasteiger partial charge on any atom is 0.573 e. The molecule has 0 bridgehead atoms. The fraction of sp³-hybridized carbons (Fsp3) is 0.538. The highest BCUT2D eigenvalue weighted by Crippen LogP contribution is 2.34. The summed E-state index contributed by atoms with van der Waals surface area (Å²) in [6, 6.07) is 4.60. The van der Waals surface area contributed by atoms with Gasteiger partial charge in [0.1, 0.15) is 5.75 Å². The molecule has 0 saturated heterocycles. The van der Waals surface area contributed by atoms with Crippen molar-refractivity contribution in [2.24, 2.45) is 11.1 Å². The molecule has 0 fully saturated rings. The van der Waals surface area contributed by atoms with E-state index in [2.05, 4.69) is 4.74 Å². The zero-order valence-electron chi connectivity index (χ0n) is 11.0. The lowest BCUT2D eigenvalue weighted by molar-refractivity contribution is -0.275. The summed E-state index contributed by atoms with van der Waals surface area (Å²) in [4.78, 5) is 0. The monoisotopic (exact) mass is 277 g/mol. The van der Waals surface area contributed by atoms with Crippen molar-refractivity contribution >= 4 is 0 Å². The molecule has 0 unspecified atom stereocenters. The van der Waals surface area contributed by atoms with Gasteiger partial charge >= 0.3 is 6.36 Å². The molecule has 0 spiro atoms. The number of alkyl halides is 3. The van der Waals surface area contributed by atoms with Gasteiger partial charge in [-0.2, -0.15) is 0 Å². The van der Waals surface area contributed by atoms with Crippen molar-refractivity contribution < 1.29 is 23.0 Å². The Labute approximate surface area is 110 Å². The number of para-hydroxylation sites is 1. The normalized spacial score (nSPS) is 16.0. The van der Waals surface area contributed by atoms with Crippen molar-refractivity contribution in [1.82, 2.24) is 0 Å². The van der Waals surface area contributed by atoms with Crippen molar-refractivity contribution in [3.05, 3.63) is 29.8 Å². The minimum Gasteiger partial charge on any atom is -0.405 e. The van der Waals surface area contributed by atoms with Crippen LogP contribution in [0.25, 0.3) is 0 Å². The molecule has 0 saturated carbocycles. The molecule has 2 atom stereocenters. The summed E-state index contributed by atoms with van der Waals surface area (Å²) in [5.41, 5.74) is 5.42. The maximum atomic E-state index is 12.3. The van der Waals surface area contributed by atoms with Gasteiger partial charge in [-0.3, -0.25) is 0 Å². The molecule has 19 heavy (non-hydrogen) atoms. The van der Waals surface area contributed by atoms with E-state index in [1.165, 1.54) is 18.2 Å². The van der Waals surface area contributed by atoms with E-state index in [4.69, 9.17) is 5.73 Å². The predicted octanol–water partition coefficient (Wildman–Crippen LogP) is 2.99. The van der Waals surface area contributed by atoms with Crippen molar-refractivity contribution in [2.45, 2.75) is 39.3 Å². The van der Waals surface area contributed by atoms with Crippen LogP contribution in [0.5, 0.6) is 5.75 Å². The van der Waals surface area contributed by atoms with Crippen LogP contribution in [0.4, 0.5) is 13.2 Å². The van der Waals surface area contributed by atoms with E-state index in [0.717, 1.165) is 0 Å². The molecule has 0 aromatic heterocycles. The van der Waals surface area contributed by atoms with Crippen molar-refractivity contribution in [2.75, 3.05) is 0 Å². The van der Waals surface area contributed by atoms with Gasteiger partial charge in [0.25, 0.3) is 0 Å². The third-order valence-electron chi connectivity index (χ3n) is 2.73. The van der Waals surface area contributed by atoms with E-state index in [1.807, 2.05) is 0 Å². The van der Waals surface area contributed by atoms with E-state index < -0.39 is 23.9 Å². The van der Waals surface area contributed by atoms with E-state index in [0.29, 0.717) is 0 Å². The van der Waals surface area contributed by atoms with Crippen LogP contribution in [0, 0.1) is 5.41 Å². The molecule has 0 aliphatic carbocycles. The fourth-order valence-electron chi connectivity index (χ4n) is 1.68. The van der Waals surface area contributed by atoms with Gasteiger partial charge in [-0.05, 0) is 11.5 Å². The second-order valence-electron chi connectivity index (χ2n) is 5.42. The minimum absolute atomic E-state index is 0.127. The number of halogens is 3. The number of rotatable bonds is 3. The summed E-state index contributed by atoms with van der Waals surface area (Å²) in [6.07, 6.45) is -5.78.